The molecule has 0 unspecified atom stereocenters. The fourth-order valence-corrected chi connectivity index (χ4v) is 0. The van der Waals surface area contributed by atoms with Gasteiger partial charge in [0.25, 0.3) is 0 Å². The van der Waals surface area contributed by atoms with E-state index in [2.05, 4.69) is 0 Å². The Bertz CT molecular complexity index is 4000. The quantitative estimate of drug-likeness (QED) is 0.0612. The first-order valence-electron chi connectivity index (χ1n) is 16.8. The van der Waals surface area contributed by atoms with Gasteiger partial charge in [0.1, 0.15) is 0 Å². The Morgan fingerprint density at radius 2 is 0.0690 bits per heavy atom. The van der Waals surface area contributed by atoms with Gasteiger partial charge in [0.05, 0.1) is 0 Å². The van der Waals surface area contributed by atoms with Crippen LogP contribution in [0.3, 0.4) is 0 Å². The Kier molecular flexibility index (Phi) is 342. The van der Waals surface area contributed by atoms with Gasteiger partial charge in [-0.1, -0.05) is 0 Å². The predicted molar refractivity (Wildman–Crippen MR) is 395 cm³/mol. The average molecular weight is 5160 g/mol. The molecule has 0 aromatic heterocycles. The molecule has 0 bridgehead atoms. The molecule has 0 aliphatic carbocycles. The van der Waals surface area contributed by atoms with Crippen molar-refractivity contribution in [3.63, 3.8) is 0 Å². The van der Waals surface area contributed by atoms with E-state index >= 15 is 0 Å². The predicted octanol–water partition coefficient (Wildman–Crippen LogP) is -37.6. The third kappa shape index (κ3) is 6280. The van der Waals surface area contributed by atoms with Crippen molar-refractivity contribution in [1.82, 2.24) is 0 Å². The molecule has 0 saturated carbocycles. The second kappa shape index (κ2) is 159. The van der Waals surface area contributed by atoms with Crippen LogP contribution in [0.2, 0.25) is 0 Å². The van der Waals surface area contributed by atoms with E-state index in [0.717, 1.165) is 0 Å². The Morgan fingerprint density at radius 1 is 0.0690 bits per heavy atom. The standard InChI is InChI=1S/20Ba.25H2O4S/c;;;;;;;;;;;;;;;;;;;;25*1-5(2,3)4/h;;;;;;;;;;;;;;;;;;;;25*(H2,1,2,3,4)/q20*+2;;;;;;;;;;;;;;;;;;;;;;;;;/p-40. The zero-order chi connectivity index (χ0) is 112. The molecule has 145 heteroatoms. The Morgan fingerprint density at radius 3 is 0.0690 bits per heavy atom. The van der Waals surface area contributed by atoms with Gasteiger partial charge in [-0.25, -0.2) is 0 Å². The fourth-order valence-electron chi connectivity index (χ4n) is 0. The van der Waals surface area contributed by atoms with Crippen molar-refractivity contribution in [2.24, 2.45) is 0 Å². The van der Waals surface area contributed by atoms with Gasteiger partial charge in [-0.3, -0.25) is 214 Å². The first-order valence-corrected chi connectivity index (χ1v) is 50.5. The maximum absolute atomic E-state index is 8.74. The monoisotopic (exact) mass is 5170 g/mol. The van der Waals surface area contributed by atoms with Crippen molar-refractivity contribution >= 4 is 1240 Å². The van der Waals surface area contributed by atoms with E-state index < -0.39 is 260 Å². The molecule has 0 atom stereocenters. The molecule has 0 saturated heterocycles. The summed E-state index contributed by atoms with van der Waals surface area (Å²) in [5.41, 5.74) is 0. The summed E-state index contributed by atoms with van der Waals surface area (Å²) in [7, 11) is -127. The molecule has 0 spiro atoms. The average Bonchev–Trinajstić information content (AvgIpc) is 3.03. The summed E-state index contributed by atoms with van der Waals surface area (Å²) >= 11 is 0. The van der Waals surface area contributed by atoms with E-state index in [4.69, 9.17) is 438 Å². The normalized spacial score (nSPS) is 10.0. The minimum absolute atomic E-state index is 0. The topological polar surface area (TPSA) is 1980 Å². The van der Waals surface area contributed by atoms with Gasteiger partial charge >= 0.3 is 1030 Å². The minimum Gasteiger partial charge on any atom is -0.759 e. The molecular weight excluding hydrogens is 5150 g/mol. The van der Waals surface area contributed by atoms with Gasteiger partial charge in [-0.2, -0.15) is 42.1 Å². The van der Waals surface area contributed by atoms with E-state index in [0.29, 0.717) is 0 Å². The van der Waals surface area contributed by atoms with Crippen LogP contribution < -0.4 is 0 Å². The van der Waals surface area contributed by atoms with Crippen molar-refractivity contribution in [3.05, 3.63) is 0 Å². The first-order chi connectivity index (χ1) is 50.0. The molecule has 100 nitrogen and oxygen atoms in total. The molecule has 10 N–H and O–H groups in total. The van der Waals surface area contributed by atoms with Crippen LogP contribution in [0, 0.1) is 0 Å². The molecule has 0 aromatic rings. The first kappa shape index (κ1) is 312. The van der Waals surface area contributed by atoms with Crippen LogP contribution in [-0.2, 0) is 260 Å². The van der Waals surface area contributed by atoms with E-state index in [-0.39, 0.29) is 978 Å². The molecule has 0 heterocycles. The Hall–Kier alpha value is 28.2. The van der Waals surface area contributed by atoms with Crippen LogP contribution in [0.4, 0.5) is 0 Å². The minimum atomic E-state index is -5.17. The van der Waals surface area contributed by atoms with Gasteiger partial charge < -0.3 is 182 Å². The molecular formula is H10Ba20O100S25. The Labute approximate surface area is 1620 Å². The van der Waals surface area contributed by atoms with Crippen LogP contribution in [-0.4, -0.2) is 1420 Å². The molecule has 0 aromatic carbocycles. The second-order valence-electron chi connectivity index (χ2n) is 10.4. The van der Waals surface area contributed by atoms with Gasteiger partial charge in [0, 0.05) is 208 Å². The maximum atomic E-state index is 8.74. The van der Waals surface area contributed by atoms with Crippen molar-refractivity contribution in [3.8, 4) is 0 Å². The summed E-state index contributed by atoms with van der Waals surface area (Å²) < 4.78 is 840. The summed E-state index contributed by atoms with van der Waals surface area (Å²) in [6, 6.07) is 0. The van der Waals surface area contributed by atoms with Crippen molar-refractivity contribution in [2.75, 3.05) is 0 Å². The van der Waals surface area contributed by atoms with E-state index in [9.17, 15) is 0 Å². The number of hydrogen-bond acceptors (Lipinski definition) is 90. The van der Waals surface area contributed by atoms with E-state index in [1.165, 1.54) is 0 Å². The molecule has 800 valence electrons. The zero-order valence-corrected chi connectivity index (χ0v) is 175. The third-order valence-electron chi connectivity index (χ3n) is 0. The van der Waals surface area contributed by atoms with Crippen LogP contribution in [0.25, 0.3) is 0 Å². The third-order valence-corrected chi connectivity index (χ3v) is 0. The number of rotatable bonds is 0. The van der Waals surface area contributed by atoms with Gasteiger partial charge in [-0.05, 0) is 0 Å². The van der Waals surface area contributed by atoms with Gasteiger partial charge in [0.15, 0.2) is 0 Å². The molecule has 0 aliphatic heterocycles. The largest absolute Gasteiger partial charge is 2.00 e. The van der Waals surface area contributed by atoms with Crippen molar-refractivity contribution < 1.29 is 438 Å². The van der Waals surface area contributed by atoms with Gasteiger partial charge in [-0.15, -0.1) is 0 Å². The molecule has 145 heavy (non-hydrogen) atoms. The molecule has 0 amide bonds. The Balaban J connectivity index is -0.0000000166. The summed E-state index contributed by atoms with van der Waals surface area (Å²) in [6.45, 7) is 0. The summed E-state index contributed by atoms with van der Waals surface area (Å²) in [6.07, 6.45) is 0. The van der Waals surface area contributed by atoms with Crippen LogP contribution in [0.15, 0.2) is 0 Å². The molecule has 0 fully saturated rings. The van der Waals surface area contributed by atoms with Crippen LogP contribution >= 0.6 is 0 Å². The fraction of sp³-hybridized carbons (Fsp3) is 0. The summed E-state index contributed by atoms with van der Waals surface area (Å²) in [5, 5.41) is 0. The van der Waals surface area contributed by atoms with E-state index in [1.54, 1.807) is 0 Å². The summed E-state index contributed by atoms with van der Waals surface area (Å²) in [4.78, 5) is 0. The number of hydrogen-bond donors (Lipinski definition) is 10. The smallest absolute Gasteiger partial charge is 0.759 e. The molecule has 0 radical (unpaired) electrons. The van der Waals surface area contributed by atoms with Crippen LogP contribution in [0.5, 0.6) is 0 Å². The van der Waals surface area contributed by atoms with Crippen molar-refractivity contribution in [2.45, 2.75) is 0 Å². The van der Waals surface area contributed by atoms with E-state index in [1.807, 2.05) is 0 Å². The summed E-state index contributed by atoms with van der Waals surface area (Å²) in [5.74, 6) is 0. The van der Waals surface area contributed by atoms with Crippen molar-refractivity contribution in [1.29, 1.82) is 0 Å². The molecule has 0 rings (SSSR count). The molecule has 0 aliphatic rings. The second-order valence-corrected chi connectivity index (χ2v) is 31.2. The van der Waals surface area contributed by atoms with Gasteiger partial charge in [0.2, 0.25) is 0 Å². The SMILES string of the molecule is O=S(=O)(O)O.O=S(=O)(O)O.O=S(=O)(O)O.O=S(=O)(O)O.O=S(=O)(O)O.O=S(=O)([O-])[O-].O=S(=O)([O-])[O-].O=S(=O)([O-])[O-].O=S(=O)([O-])[O-].O=S(=O)([O-])[O-].O=S(=O)([O-])[O-].O=S(=O)([O-])[O-].O=S(=O)([O-])[O-].O=S(=O)([O-])[O-].O=S(=O)([O-])[O-].O=S(=O)([O-])[O-].O=S(=O)([O-])[O-].O=S(=O)([O-])[O-].O=S(=O)([O-])[O-].O=S(=O)([O-])[O-].O=S(=O)([O-])[O-].O=S(=O)([O-])[O-].O=S(=O)([O-])[O-].O=S(=O)([O-])[O-].O=S(=O)([O-])[O-].[Ba+2].[Ba+2].[Ba+2].[Ba+2].[Ba+2].[Ba+2].[Ba+2].[Ba+2].[Ba+2].[Ba+2].[Ba+2].[Ba+2].[Ba+2].[Ba+2].[Ba+2].[Ba+2].[Ba+2].[Ba+2].[Ba+2].[Ba+2]. The zero-order valence-electron chi connectivity index (χ0n) is 65.6. The van der Waals surface area contributed by atoms with Crippen LogP contribution in [0.1, 0.15) is 0 Å². The maximum Gasteiger partial charge on any atom is 2.00 e.